The van der Waals surface area contributed by atoms with Crippen LogP contribution in [-0.2, 0) is 0 Å². The van der Waals surface area contributed by atoms with E-state index < -0.39 is 5.41 Å². The summed E-state index contributed by atoms with van der Waals surface area (Å²) in [6, 6.07) is 9.35. The second kappa shape index (κ2) is 4.84. The molecule has 0 bridgehead atoms. The first-order valence-electron chi connectivity index (χ1n) is 5.87. The second-order valence-corrected chi connectivity index (χ2v) is 5.54. The van der Waals surface area contributed by atoms with Crippen molar-refractivity contribution in [2.24, 2.45) is 11.1 Å². The van der Waals surface area contributed by atoms with Crippen LogP contribution in [0.25, 0.3) is 10.9 Å². The Hall–Kier alpha value is -1.16. The number of fused-ring (bicyclic) bond motifs is 1. The van der Waals surface area contributed by atoms with E-state index in [2.05, 4.69) is 4.98 Å². The lowest BCUT2D eigenvalue weighted by Crippen LogP contribution is -2.32. The van der Waals surface area contributed by atoms with Crippen molar-refractivity contribution < 1.29 is 5.11 Å². The van der Waals surface area contributed by atoms with E-state index in [1.807, 2.05) is 44.2 Å². The topological polar surface area (TPSA) is 59.1 Å². The number of hydrogen-bond acceptors (Lipinski definition) is 3. The molecule has 1 atom stereocenters. The lowest BCUT2D eigenvalue weighted by molar-refractivity contribution is 0.132. The number of benzene rings is 1. The van der Waals surface area contributed by atoms with Gasteiger partial charge in [0, 0.05) is 29.0 Å². The molecule has 2 aromatic rings. The van der Waals surface area contributed by atoms with Gasteiger partial charge in [0.15, 0.2) is 0 Å². The molecule has 0 unspecified atom stereocenters. The fourth-order valence-electron chi connectivity index (χ4n) is 1.85. The average molecular weight is 265 g/mol. The fourth-order valence-corrected chi connectivity index (χ4v) is 2.11. The van der Waals surface area contributed by atoms with Crippen molar-refractivity contribution in [1.82, 2.24) is 4.98 Å². The third-order valence-corrected chi connectivity index (χ3v) is 3.59. The first kappa shape index (κ1) is 13.3. The Labute approximate surface area is 112 Å². The molecule has 0 amide bonds. The van der Waals surface area contributed by atoms with Crippen molar-refractivity contribution in [3.63, 3.8) is 0 Å². The molecule has 0 aliphatic carbocycles. The summed E-state index contributed by atoms with van der Waals surface area (Å²) in [6.45, 7) is 3.81. The monoisotopic (exact) mass is 264 g/mol. The molecule has 0 saturated heterocycles. The number of nitrogens with two attached hydrogens (primary N) is 1. The summed E-state index contributed by atoms with van der Waals surface area (Å²) in [7, 11) is 0. The van der Waals surface area contributed by atoms with Crippen LogP contribution < -0.4 is 5.73 Å². The van der Waals surface area contributed by atoms with Crippen molar-refractivity contribution in [1.29, 1.82) is 0 Å². The Morgan fingerprint density at radius 2 is 2.06 bits per heavy atom. The normalized spacial score (nSPS) is 13.8. The van der Waals surface area contributed by atoms with E-state index in [-0.39, 0.29) is 12.6 Å². The van der Waals surface area contributed by atoms with Gasteiger partial charge in [-0.05, 0) is 12.1 Å². The van der Waals surface area contributed by atoms with Crippen LogP contribution in [0.5, 0.6) is 0 Å². The number of pyridine rings is 1. The van der Waals surface area contributed by atoms with E-state index >= 15 is 0 Å². The molecule has 96 valence electrons. The van der Waals surface area contributed by atoms with Gasteiger partial charge in [0.2, 0.25) is 0 Å². The highest BCUT2D eigenvalue weighted by molar-refractivity contribution is 6.30. The number of hydrogen-bond donors (Lipinski definition) is 2. The number of aliphatic hydroxyl groups excluding tert-OH is 1. The van der Waals surface area contributed by atoms with Crippen LogP contribution >= 0.6 is 11.6 Å². The van der Waals surface area contributed by atoms with Gasteiger partial charge in [0.05, 0.1) is 5.52 Å². The van der Waals surface area contributed by atoms with Crippen LogP contribution in [0.1, 0.15) is 25.5 Å². The zero-order valence-electron chi connectivity index (χ0n) is 10.5. The lowest BCUT2D eigenvalue weighted by Gasteiger charge is -2.30. The third-order valence-electron chi connectivity index (χ3n) is 3.29. The minimum atomic E-state index is -0.437. The summed E-state index contributed by atoms with van der Waals surface area (Å²) in [4.78, 5) is 4.35. The van der Waals surface area contributed by atoms with Gasteiger partial charge in [-0.25, -0.2) is 4.98 Å². The third kappa shape index (κ3) is 2.34. The van der Waals surface area contributed by atoms with E-state index in [0.717, 1.165) is 16.5 Å². The molecule has 3 N–H and O–H groups in total. The standard InChI is InChI=1S/C14H17ClN2O/c1-14(2,8-18)12(16)10-7-9-5-3-4-6-11(9)17-13(10)15/h3-7,12,18H,8,16H2,1-2H3/t12-/m0/s1. The molecule has 2 rings (SSSR count). The number of rotatable bonds is 3. The van der Waals surface area contributed by atoms with E-state index in [4.69, 9.17) is 17.3 Å². The Balaban J connectivity index is 2.54. The van der Waals surface area contributed by atoms with Crippen molar-refractivity contribution >= 4 is 22.5 Å². The molecule has 1 aromatic carbocycles. The lowest BCUT2D eigenvalue weighted by atomic mass is 9.82. The molecule has 0 saturated carbocycles. The molecule has 0 aliphatic rings. The van der Waals surface area contributed by atoms with Crippen LogP contribution in [0.3, 0.4) is 0 Å². The highest BCUT2D eigenvalue weighted by Crippen LogP contribution is 2.35. The van der Waals surface area contributed by atoms with Gasteiger partial charge in [0.25, 0.3) is 0 Å². The molecule has 4 heteroatoms. The SMILES string of the molecule is CC(C)(CO)[C@@H](N)c1cc2ccccc2nc1Cl. The average Bonchev–Trinajstić information content (AvgIpc) is 2.37. The first-order chi connectivity index (χ1) is 8.45. The van der Waals surface area contributed by atoms with Crippen molar-refractivity contribution in [2.45, 2.75) is 19.9 Å². The molecule has 1 aromatic heterocycles. The smallest absolute Gasteiger partial charge is 0.134 e. The molecule has 0 spiro atoms. The second-order valence-electron chi connectivity index (χ2n) is 5.19. The van der Waals surface area contributed by atoms with Gasteiger partial charge < -0.3 is 10.8 Å². The summed E-state index contributed by atoms with van der Waals surface area (Å²) in [6.07, 6.45) is 0. The fraction of sp³-hybridized carbons (Fsp3) is 0.357. The van der Waals surface area contributed by atoms with Gasteiger partial charge in [-0.3, -0.25) is 0 Å². The highest BCUT2D eigenvalue weighted by Gasteiger charge is 2.29. The molecule has 0 radical (unpaired) electrons. The summed E-state index contributed by atoms with van der Waals surface area (Å²) in [5, 5.41) is 10.8. The molecule has 0 fully saturated rings. The van der Waals surface area contributed by atoms with E-state index in [9.17, 15) is 5.11 Å². The Bertz CT molecular complexity index is 569. The summed E-state index contributed by atoms with van der Waals surface area (Å²) < 4.78 is 0. The van der Waals surface area contributed by atoms with Gasteiger partial charge in [-0.15, -0.1) is 0 Å². The Morgan fingerprint density at radius 1 is 1.39 bits per heavy atom. The van der Waals surface area contributed by atoms with Crippen molar-refractivity contribution in [2.75, 3.05) is 6.61 Å². The van der Waals surface area contributed by atoms with Crippen LogP contribution in [0.4, 0.5) is 0 Å². The summed E-state index contributed by atoms with van der Waals surface area (Å²) in [5.74, 6) is 0. The van der Waals surface area contributed by atoms with Crippen molar-refractivity contribution in [3.8, 4) is 0 Å². The molecule has 3 nitrogen and oxygen atoms in total. The maximum atomic E-state index is 9.39. The summed E-state index contributed by atoms with van der Waals surface area (Å²) in [5.41, 5.74) is 7.37. The Morgan fingerprint density at radius 3 is 2.72 bits per heavy atom. The molecule has 18 heavy (non-hydrogen) atoms. The van der Waals surface area contributed by atoms with Crippen LogP contribution in [-0.4, -0.2) is 16.7 Å². The molecular weight excluding hydrogens is 248 g/mol. The maximum Gasteiger partial charge on any atom is 0.134 e. The number of halogens is 1. The highest BCUT2D eigenvalue weighted by atomic mass is 35.5. The van der Waals surface area contributed by atoms with Gasteiger partial charge in [-0.2, -0.15) is 0 Å². The van der Waals surface area contributed by atoms with E-state index in [1.54, 1.807) is 0 Å². The predicted molar refractivity (Wildman–Crippen MR) is 74.5 cm³/mol. The molecular formula is C14H17ClN2O. The predicted octanol–water partition coefficient (Wildman–Crippen LogP) is 2.91. The van der Waals surface area contributed by atoms with Crippen LogP contribution in [0.15, 0.2) is 30.3 Å². The zero-order valence-corrected chi connectivity index (χ0v) is 11.3. The van der Waals surface area contributed by atoms with Crippen molar-refractivity contribution in [3.05, 3.63) is 41.0 Å². The van der Waals surface area contributed by atoms with Crippen LogP contribution in [0.2, 0.25) is 5.15 Å². The Kier molecular flexibility index (Phi) is 3.57. The zero-order chi connectivity index (χ0) is 13.3. The molecule has 1 heterocycles. The quantitative estimate of drug-likeness (QED) is 0.838. The summed E-state index contributed by atoms with van der Waals surface area (Å²) >= 11 is 6.19. The van der Waals surface area contributed by atoms with Gasteiger partial charge in [0.1, 0.15) is 5.15 Å². The number of aromatic nitrogens is 1. The minimum absolute atomic E-state index is 0.00266. The molecule has 0 aliphatic heterocycles. The first-order valence-corrected chi connectivity index (χ1v) is 6.25. The van der Waals surface area contributed by atoms with Gasteiger partial charge >= 0.3 is 0 Å². The largest absolute Gasteiger partial charge is 0.396 e. The minimum Gasteiger partial charge on any atom is -0.396 e. The maximum absolute atomic E-state index is 9.39. The number of aliphatic hydroxyl groups is 1. The number of nitrogens with zero attached hydrogens (tertiary/aromatic N) is 1. The van der Waals surface area contributed by atoms with E-state index in [1.165, 1.54) is 0 Å². The number of para-hydroxylation sites is 1. The van der Waals surface area contributed by atoms with E-state index in [0.29, 0.717) is 5.15 Å². The van der Waals surface area contributed by atoms with Gasteiger partial charge in [-0.1, -0.05) is 43.6 Å². The van der Waals surface area contributed by atoms with Crippen LogP contribution in [0, 0.1) is 5.41 Å².